The molecule has 0 radical (unpaired) electrons. The number of nitrogens with two attached hydrogens (primary N) is 1. The van der Waals surface area contributed by atoms with Crippen molar-refractivity contribution >= 4 is 10.9 Å². The van der Waals surface area contributed by atoms with Crippen LogP contribution in [-0.2, 0) is 5.54 Å². The van der Waals surface area contributed by atoms with Gasteiger partial charge in [0.1, 0.15) is 0 Å². The number of aryl methyl sites for hydroxylation is 1. The van der Waals surface area contributed by atoms with Crippen molar-refractivity contribution in [3.8, 4) is 11.5 Å². The maximum Gasteiger partial charge on any atom is 0.258 e. The van der Waals surface area contributed by atoms with Gasteiger partial charge >= 0.3 is 0 Å². The first kappa shape index (κ1) is 14.3. The first-order valence-corrected chi connectivity index (χ1v) is 8.16. The van der Waals surface area contributed by atoms with Gasteiger partial charge in [-0.2, -0.15) is 4.98 Å². The zero-order valence-electron chi connectivity index (χ0n) is 13.2. The summed E-state index contributed by atoms with van der Waals surface area (Å²) in [4.78, 5) is 9.19. The van der Waals surface area contributed by atoms with E-state index in [9.17, 15) is 0 Å². The Bertz CT molecular complexity index is 849. The molecule has 23 heavy (non-hydrogen) atoms. The van der Waals surface area contributed by atoms with Crippen molar-refractivity contribution in [1.82, 2.24) is 15.1 Å². The lowest BCUT2D eigenvalue weighted by Crippen LogP contribution is -2.39. The third-order valence-corrected chi connectivity index (χ3v) is 4.69. The van der Waals surface area contributed by atoms with E-state index >= 15 is 0 Å². The van der Waals surface area contributed by atoms with Crippen LogP contribution in [0.15, 0.2) is 34.9 Å². The predicted octanol–water partition coefficient (Wildman–Crippen LogP) is 3.71. The van der Waals surface area contributed by atoms with Crippen LogP contribution in [0.2, 0.25) is 0 Å². The number of pyridine rings is 1. The molecule has 1 aliphatic carbocycles. The van der Waals surface area contributed by atoms with Crippen LogP contribution in [0.25, 0.3) is 22.4 Å². The Morgan fingerprint density at radius 1 is 1.09 bits per heavy atom. The van der Waals surface area contributed by atoms with Crippen LogP contribution in [0.4, 0.5) is 0 Å². The summed E-state index contributed by atoms with van der Waals surface area (Å²) in [7, 11) is 0. The van der Waals surface area contributed by atoms with E-state index in [4.69, 9.17) is 10.3 Å². The molecule has 5 nitrogen and oxygen atoms in total. The number of aromatic nitrogens is 3. The van der Waals surface area contributed by atoms with Crippen molar-refractivity contribution < 1.29 is 4.52 Å². The van der Waals surface area contributed by atoms with Crippen molar-refractivity contribution in [3.05, 3.63) is 41.9 Å². The second-order valence-electron chi connectivity index (χ2n) is 6.47. The van der Waals surface area contributed by atoms with Gasteiger partial charge in [0.25, 0.3) is 5.89 Å². The van der Waals surface area contributed by atoms with E-state index in [0.717, 1.165) is 47.8 Å². The number of nitrogens with zero attached hydrogens (tertiary/aromatic N) is 3. The Balaban J connectivity index is 1.80. The minimum Gasteiger partial charge on any atom is -0.334 e. The van der Waals surface area contributed by atoms with E-state index in [1.165, 1.54) is 6.42 Å². The van der Waals surface area contributed by atoms with Crippen molar-refractivity contribution in [2.24, 2.45) is 5.73 Å². The molecule has 1 fully saturated rings. The first-order chi connectivity index (χ1) is 11.2. The molecule has 5 heteroatoms. The Morgan fingerprint density at radius 2 is 1.87 bits per heavy atom. The fourth-order valence-corrected chi connectivity index (χ4v) is 3.43. The lowest BCUT2D eigenvalue weighted by atomic mass is 9.82. The van der Waals surface area contributed by atoms with Gasteiger partial charge in [-0.1, -0.05) is 42.6 Å². The molecule has 1 aromatic carbocycles. The van der Waals surface area contributed by atoms with Gasteiger partial charge in [0.05, 0.1) is 16.6 Å². The largest absolute Gasteiger partial charge is 0.334 e. The number of benzene rings is 1. The van der Waals surface area contributed by atoms with Crippen molar-refractivity contribution in [1.29, 1.82) is 0 Å². The van der Waals surface area contributed by atoms with Gasteiger partial charge in [-0.3, -0.25) is 4.98 Å². The van der Waals surface area contributed by atoms with Crippen LogP contribution < -0.4 is 5.73 Å². The molecule has 0 saturated heterocycles. The van der Waals surface area contributed by atoms with Crippen LogP contribution >= 0.6 is 0 Å². The van der Waals surface area contributed by atoms with Gasteiger partial charge in [-0.05, 0) is 31.9 Å². The predicted molar refractivity (Wildman–Crippen MR) is 88.7 cm³/mol. The summed E-state index contributed by atoms with van der Waals surface area (Å²) in [6.45, 7) is 1.97. The minimum absolute atomic E-state index is 0.447. The van der Waals surface area contributed by atoms with E-state index in [0.29, 0.717) is 11.7 Å². The highest BCUT2D eigenvalue weighted by Crippen LogP contribution is 2.35. The zero-order chi connectivity index (χ0) is 15.9. The molecule has 0 atom stereocenters. The molecule has 118 valence electrons. The normalized spacial score (nSPS) is 17.5. The monoisotopic (exact) mass is 308 g/mol. The average Bonchev–Trinajstić information content (AvgIpc) is 3.05. The number of rotatable bonds is 2. The van der Waals surface area contributed by atoms with Gasteiger partial charge in [-0.15, -0.1) is 0 Å². The highest BCUT2D eigenvalue weighted by atomic mass is 16.5. The molecule has 2 N–H and O–H groups in total. The Kier molecular flexibility index (Phi) is 3.38. The van der Waals surface area contributed by atoms with Gasteiger partial charge in [0.15, 0.2) is 5.82 Å². The van der Waals surface area contributed by atoms with Crippen molar-refractivity contribution in [2.45, 2.75) is 44.6 Å². The third-order valence-electron chi connectivity index (χ3n) is 4.69. The Labute approximate surface area is 134 Å². The third kappa shape index (κ3) is 2.51. The van der Waals surface area contributed by atoms with E-state index in [1.54, 1.807) is 0 Å². The van der Waals surface area contributed by atoms with Crippen LogP contribution in [0.5, 0.6) is 0 Å². The summed E-state index contributed by atoms with van der Waals surface area (Å²) in [5, 5.41) is 5.21. The van der Waals surface area contributed by atoms with Crippen LogP contribution in [0.1, 0.15) is 43.6 Å². The van der Waals surface area contributed by atoms with Gasteiger partial charge in [0, 0.05) is 11.1 Å². The average molecular weight is 308 g/mol. The molecule has 1 saturated carbocycles. The fraction of sp³-hybridized carbons (Fsp3) is 0.389. The molecule has 0 amide bonds. The molecule has 3 aromatic rings. The summed E-state index contributed by atoms with van der Waals surface area (Å²) in [6.07, 6.45) is 5.32. The second kappa shape index (κ2) is 5.42. The maximum absolute atomic E-state index is 6.52. The maximum atomic E-state index is 6.52. The van der Waals surface area contributed by atoms with Gasteiger partial charge < -0.3 is 10.3 Å². The van der Waals surface area contributed by atoms with Crippen molar-refractivity contribution in [2.75, 3.05) is 0 Å². The van der Waals surface area contributed by atoms with Crippen LogP contribution in [0, 0.1) is 6.92 Å². The summed E-state index contributed by atoms with van der Waals surface area (Å²) in [5.41, 5.74) is 8.85. The number of hydrogen-bond acceptors (Lipinski definition) is 5. The summed E-state index contributed by atoms with van der Waals surface area (Å²) >= 11 is 0. The van der Waals surface area contributed by atoms with E-state index in [2.05, 4.69) is 15.1 Å². The number of hydrogen-bond donors (Lipinski definition) is 1. The van der Waals surface area contributed by atoms with E-state index in [1.807, 2.05) is 37.3 Å². The minimum atomic E-state index is -0.447. The quantitative estimate of drug-likeness (QED) is 0.780. The molecular formula is C18H20N4O. The van der Waals surface area contributed by atoms with Gasteiger partial charge in [-0.25, -0.2) is 0 Å². The highest BCUT2D eigenvalue weighted by Gasteiger charge is 2.34. The number of para-hydroxylation sites is 1. The Hall–Kier alpha value is -2.27. The topological polar surface area (TPSA) is 77.8 Å². The standard InChI is InChI=1S/C18H20N4O/c1-12-11-14(13-7-3-4-8-15(13)20-12)16-21-17(22-23-16)18(19)9-5-2-6-10-18/h3-4,7-8,11H,2,5-6,9-10,19H2,1H3. The fourth-order valence-electron chi connectivity index (χ4n) is 3.43. The molecule has 2 aromatic heterocycles. The van der Waals surface area contributed by atoms with E-state index < -0.39 is 5.54 Å². The van der Waals surface area contributed by atoms with Crippen LogP contribution in [0.3, 0.4) is 0 Å². The lowest BCUT2D eigenvalue weighted by molar-refractivity contribution is 0.275. The van der Waals surface area contributed by atoms with Crippen LogP contribution in [-0.4, -0.2) is 15.1 Å². The molecular weight excluding hydrogens is 288 g/mol. The van der Waals surface area contributed by atoms with Crippen molar-refractivity contribution in [3.63, 3.8) is 0 Å². The van der Waals surface area contributed by atoms with E-state index in [-0.39, 0.29) is 0 Å². The second-order valence-corrected chi connectivity index (χ2v) is 6.47. The molecule has 2 heterocycles. The first-order valence-electron chi connectivity index (χ1n) is 8.16. The molecule has 0 aliphatic heterocycles. The molecule has 4 rings (SSSR count). The Morgan fingerprint density at radius 3 is 2.70 bits per heavy atom. The summed E-state index contributed by atoms with van der Waals surface area (Å²) in [6, 6.07) is 9.98. The summed E-state index contributed by atoms with van der Waals surface area (Å²) < 4.78 is 5.56. The highest BCUT2D eigenvalue weighted by molar-refractivity contribution is 5.92. The molecule has 0 unspecified atom stereocenters. The lowest BCUT2D eigenvalue weighted by Gasteiger charge is -2.29. The molecule has 0 spiro atoms. The molecule has 0 bridgehead atoms. The smallest absolute Gasteiger partial charge is 0.258 e. The van der Waals surface area contributed by atoms with Gasteiger partial charge in [0.2, 0.25) is 0 Å². The molecule has 1 aliphatic rings. The SMILES string of the molecule is Cc1cc(-c2nc(C3(N)CCCCC3)no2)c2ccccc2n1. The zero-order valence-corrected chi connectivity index (χ0v) is 13.2. The summed E-state index contributed by atoms with van der Waals surface area (Å²) in [5.74, 6) is 1.16. The number of fused-ring (bicyclic) bond motifs is 1.